The monoisotopic (exact) mass is 278 g/mol. The van der Waals surface area contributed by atoms with Gasteiger partial charge in [0, 0.05) is 18.8 Å². The van der Waals surface area contributed by atoms with Gasteiger partial charge in [-0.25, -0.2) is 4.79 Å². The SMILES string of the molecule is Nc1ccccc1C(=O)N1CCC(OCC(=O)O)CC1. The van der Waals surface area contributed by atoms with E-state index in [2.05, 4.69) is 0 Å². The topological polar surface area (TPSA) is 92.9 Å². The van der Waals surface area contributed by atoms with Crippen LogP contribution >= 0.6 is 0 Å². The van der Waals surface area contributed by atoms with Crippen molar-refractivity contribution in [1.29, 1.82) is 0 Å². The molecule has 0 bridgehead atoms. The summed E-state index contributed by atoms with van der Waals surface area (Å²) in [6, 6.07) is 6.99. The molecule has 6 nitrogen and oxygen atoms in total. The number of anilines is 1. The molecular weight excluding hydrogens is 260 g/mol. The van der Waals surface area contributed by atoms with Crippen molar-refractivity contribution in [2.24, 2.45) is 0 Å². The Labute approximate surface area is 117 Å². The molecule has 2 rings (SSSR count). The molecular formula is C14H18N2O4. The lowest BCUT2D eigenvalue weighted by Gasteiger charge is -2.32. The van der Waals surface area contributed by atoms with Crippen LogP contribution in [0.2, 0.25) is 0 Å². The zero-order chi connectivity index (χ0) is 14.5. The summed E-state index contributed by atoms with van der Waals surface area (Å²) in [5, 5.41) is 8.56. The Hall–Kier alpha value is -2.08. The van der Waals surface area contributed by atoms with Crippen molar-refractivity contribution in [3.05, 3.63) is 29.8 Å². The number of carbonyl (C=O) groups is 2. The predicted molar refractivity (Wildman–Crippen MR) is 73.4 cm³/mol. The van der Waals surface area contributed by atoms with Gasteiger partial charge in [-0.05, 0) is 25.0 Å². The number of hydrogen-bond acceptors (Lipinski definition) is 4. The molecule has 1 fully saturated rings. The van der Waals surface area contributed by atoms with Gasteiger partial charge < -0.3 is 20.5 Å². The number of para-hydroxylation sites is 1. The van der Waals surface area contributed by atoms with E-state index in [1.807, 2.05) is 0 Å². The number of nitrogen functional groups attached to an aromatic ring is 1. The molecule has 108 valence electrons. The van der Waals surface area contributed by atoms with Gasteiger partial charge in [-0.2, -0.15) is 0 Å². The van der Waals surface area contributed by atoms with Gasteiger partial charge in [0.05, 0.1) is 11.7 Å². The quantitative estimate of drug-likeness (QED) is 0.801. The van der Waals surface area contributed by atoms with Crippen molar-refractivity contribution >= 4 is 17.6 Å². The standard InChI is InChI=1S/C14H18N2O4/c15-12-4-2-1-3-11(12)14(19)16-7-5-10(6-8-16)20-9-13(17)18/h1-4,10H,5-9,15H2,(H,17,18). The third-order valence-corrected chi connectivity index (χ3v) is 3.36. The second-order valence-corrected chi connectivity index (χ2v) is 4.78. The van der Waals surface area contributed by atoms with Crippen molar-refractivity contribution in [1.82, 2.24) is 4.90 Å². The van der Waals surface area contributed by atoms with E-state index in [4.69, 9.17) is 15.6 Å². The average Bonchev–Trinajstić information content (AvgIpc) is 2.45. The summed E-state index contributed by atoms with van der Waals surface area (Å²) in [5.74, 6) is -1.06. The molecule has 0 atom stereocenters. The first kappa shape index (κ1) is 14.3. The molecule has 0 aliphatic carbocycles. The summed E-state index contributed by atoms with van der Waals surface area (Å²) < 4.78 is 5.24. The van der Waals surface area contributed by atoms with Crippen LogP contribution in [-0.2, 0) is 9.53 Å². The molecule has 1 aromatic carbocycles. The van der Waals surface area contributed by atoms with Crippen LogP contribution in [0, 0.1) is 0 Å². The van der Waals surface area contributed by atoms with E-state index >= 15 is 0 Å². The molecule has 1 saturated heterocycles. The number of carbonyl (C=O) groups excluding carboxylic acids is 1. The highest BCUT2D eigenvalue weighted by Gasteiger charge is 2.25. The van der Waals surface area contributed by atoms with E-state index in [0.29, 0.717) is 37.2 Å². The maximum atomic E-state index is 12.3. The fourth-order valence-electron chi connectivity index (χ4n) is 2.28. The summed E-state index contributed by atoms with van der Waals surface area (Å²) >= 11 is 0. The lowest BCUT2D eigenvalue weighted by atomic mass is 10.1. The highest BCUT2D eigenvalue weighted by atomic mass is 16.5. The fraction of sp³-hybridized carbons (Fsp3) is 0.429. The number of rotatable bonds is 4. The van der Waals surface area contributed by atoms with Gasteiger partial charge in [0.2, 0.25) is 0 Å². The van der Waals surface area contributed by atoms with Crippen molar-refractivity contribution in [3.8, 4) is 0 Å². The number of likely N-dealkylation sites (tertiary alicyclic amines) is 1. The summed E-state index contributed by atoms with van der Waals surface area (Å²) in [6.45, 7) is 0.819. The number of piperidine rings is 1. The second-order valence-electron chi connectivity index (χ2n) is 4.78. The Morgan fingerprint density at radius 1 is 1.30 bits per heavy atom. The van der Waals surface area contributed by atoms with Crippen molar-refractivity contribution in [3.63, 3.8) is 0 Å². The average molecular weight is 278 g/mol. The molecule has 6 heteroatoms. The van der Waals surface area contributed by atoms with Crippen LogP contribution in [0.5, 0.6) is 0 Å². The van der Waals surface area contributed by atoms with E-state index < -0.39 is 5.97 Å². The minimum Gasteiger partial charge on any atom is -0.480 e. The first-order chi connectivity index (χ1) is 9.58. The predicted octanol–water partition coefficient (Wildman–Crippen LogP) is 0.975. The molecule has 0 unspecified atom stereocenters. The molecule has 0 aromatic heterocycles. The second kappa shape index (κ2) is 6.38. The van der Waals surface area contributed by atoms with E-state index in [-0.39, 0.29) is 18.6 Å². The summed E-state index contributed by atoms with van der Waals surface area (Å²) in [6.07, 6.45) is 1.20. The van der Waals surface area contributed by atoms with Crippen LogP contribution in [0.3, 0.4) is 0 Å². The van der Waals surface area contributed by atoms with Crippen LogP contribution in [0.25, 0.3) is 0 Å². The Bertz CT molecular complexity index is 496. The Balaban J connectivity index is 1.89. The van der Waals surface area contributed by atoms with Crippen molar-refractivity contribution in [2.75, 3.05) is 25.4 Å². The van der Waals surface area contributed by atoms with Gasteiger partial charge in [0.15, 0.2) is 0 Å². The van der Waals surface area contributed by atoms with E-state index in [9.17, 15) is 9.59 Å². The highest BCUT2D eigenvalue weighted by molar-refractivity contribution is 5.99. The van der Waals surface area contributed by atoms with Gasteiger partial charge in [0.25, 0.3) is 5.91 Å². The third-order valence-electron chi connectivity index (χ3n) is 3.36. The molecule has 1 aromatic rings. The zero-order valence-corrected chi connectivity index (χ0v) is 11.1. The van der Waals surface area contributed by atoms with Crippen LogP contribution in [-0.4, -0.2) is 47.7 Å². The fourth-order valence-corrected chi connectivity index (χ4v) is 2.28. The number of carboxylic acid groups (broad SMARTS) is 1. The Morgan fingerprint density at radius 2 is 1.95 bits per heavy atom. The number of benzene rings is 1. The minimum absolute atomic E-state index is 0.0835. The maximum Gasteiger partial charge on any atom is 0.329 e. The Morgan fingerprint density at radius 3 is 2.55 bits per heavy atom. The lowest BCUT2D eigenvalue weighted by molar-refractivity contribution is -0.145. The minimum atomic E-state index is -0.972. The van der Waals surface area contributed by atoms with Gasteiger partial charge in [-0.1, -0.05) is 12.1 Å². The number of ether oxygens (including phenoxy) is 1. The highest BCUT2D eigenvalue weighted by Crippen LogP contribution is 2.19. The molecule has 1 aliphatic heterocycles. The molecule has 0 spiro atoms. The number of hydrogen-bond donors (Lipinski definition) is 2. The zero-order valence-electron chi connectivity index (χ0n) is 11.1. The number of nitrogens with zero attached hydrogens (tertiary/aromatic N) is 1. The molecule has 1 amide bonds. The Kier molecular flexibility index (Phi) is 4.57. The van der Waals surface area contributed by atoms with Crippen LogP contribution in [0.4, 0.5) is 5.69 Å². The van der Waals surface area contributed by atoms with Crippen molar-refractivity contribution in [2.45, 2.75) is 18.9 Å². The number of carboxylic acids is 1. The van der Waals surface area contributed by atoms with Crippen LogP contribution < -0.4 is 5.73 Å². The van der Waals surface area contributed by atoms with Crippen LogP contribution in [0.1, 0.15) is 23.2 Å². The molecule has 0 saturated carbocycles. The molecule has 1 aliphatic rings. The van der Waals surface area contributed by atoms with Gasteiger partial charge in [-0.3, -0.25) is 4.79 Å². The number of aliphatic carboxylic acids is 1. The normalized spacial score (nSPS) is 16.1. The van der Waals surface area contributed by atoms with E-state index in [0.717, 1.165) is 0 Å². The smallest absolute Gasteiger partial charge is 0.329 e. The summed E-state index contributed by atoms with van der Waals surface area (Å²) in [5.41, 5.74) is 6.78. The van der Waals surface area contributed by atoms with E-state index in [1.165, 1.54) is 0 Å². The maximum absolute atomic E-state index is 12.3. The molecule has 3 N–H and O–H groups in total. The largest absolute Gasteiger partial charge is 0.480 e. The third kappa shape index (κ3) is 3.48. The van der Waals surface area contributed by atoms with E-state index in [1.54, 1.807) is 29.2 Å². The summed E-state index contributed by atoms with van der Waals surface area (Å²) in [4.78, 5) is 24.5. The molecule has 20 heavy (non-hydrogen) atoms. The van der Waals surface area contributed by atoms with Gasteiger partial charge in [-0.15, -0.1) is 0 Å². The first-order valence-electron chi connectivity index (χ1n) is 6.55. The molecule has 0 radical (unpaired) electrons. The van der Waals surface area contributed by atoms with Crippen LogP contribution in [0.15, 0.2) is 24.3 Å². The number of amides is 1. The first-order valence-corrected chi connectivity index (χ1v) is 6.55. The summed E-state index contributed by atoms with van der Waals surface area (Å²) in [7, 11) is 0. The molecule has 1 heterocycles. The lowest BCUT2D eigenvalue weighted by Crippen LogP contribution is -2.41. The van der Waals surface area contributed by atoms with Gasteiger partial charge in [0.1, 0.15) is 6.61 Å². The van der Waals surface area contributed by atoms with Gasteiger partial charge >= 0.3 is 5.97 Å². The van der Waals surface area contributed by atoms with Crippen molar-refractivity contribution < 1.29 is 19.4 Å². The number of nitrogens with two attached hydrogens (primary N) is 1.